The average Bonchev–Trinajstić information content (AvgIpc) is 0.915. The fourth-order valence-electron chi connectivity index (χ4n) is 13.0. The minimum Gasteiger partial charge on any atom is -0.497 e. The summed E-state index contributed by atoms with van der Waals surface area (Å²) in [5.41, 5.74) is 1.09. The van der Waals surface area contributed by atoms with Crippen LogP contribution in [-0.4, -0.2) is 118 Å². The molecule has 88 heavy (non-hydrogen) atoms. The molecule has 4 aromatic carbocycles. The summed E-state index contributed by atoms with van der Waals surface area (Å²) in [6, 6.07) is 38.5. The molecule has 10 atom stereocenters. The second-order valence-electron chi connectivity index (χ2n) is 27.2. The number of methoxy groups -OCH3 is 3. The van der Waals surface area contributed by atoms with Crippen LogP contribution in [0.5, 0.6) is 5.75 Å². The van der Waals surface area contributed by atoms with Gasteiger partial charge in [-0.15, -0.1) is 0 Å². The molecular weight excluding hydrogens is 1150 g/mol. The van der Waals surface area contributed by atoms with Crippen LogP contribution in [0.25, 0.3) is 0 Å². The van der Waals surface area contributed by atoms with Crippen LogP contribution in [0.4, 0.5) is 0 Å². The van der Waals surface area contributed by atoms with Crippen molar-refractivity contribution in [3.05, 3.63) is 151 Å². The van der Waals surface area contributed by atoms with Crippen molar-refractivity contribution in [2.24, 2.45) is 10.8 Å². The summed E-state index contributed by atoms with van der Waals surface area (Å²) in [5, 5.41) is 1.84. The van der Waals surface area contributed by atoms with E-state index in [1.165, 1.54) is 25.8 Å². The van der Waals surface area contributed by atoms with Gasteiger partial charge in [-0.1, -0.05) is 208 Å². The van der Waals surface area contributed by atoms with E-state index in [1.54, 1.807) is 14.2 Å². The van der Waals surface area contributed by atoms with Crippen LogP contribution in [0.1, 0.15) is 152 Å². The summed E-state index contributed by atoms with van der Waals surface area (Å²) in [6.45, 7) is 29.4. The van der Waals surface area contributed by atoms with Gasteiger partial charge in [-0.05, 0) is 71.3 Å². The van der Waals surface area contributed by atoms with E-state index in [2.05, 4.69) is 75.9 Å². The first-order chi connectivity index (χ1) is 41.6. The van der Waals surface area contributed by atoms with Gasteiger partial charge in [-0.25, -0.2) is 0 Å². The van der Waals surface area contributed by atoms with Crippen molar-refractivity contribution >= 4 is 47.3 Å². The fraction of sp³-hybridized carbons (Fsp3) is 0.569. The number of thioether (sulfide) groups is 1. The van der Waals surface area contributed by atoms with Gasteiger partial charge in [-0.3, -0.25) is 14.4 Å². The maximum absolute atomic E-state index is 14.4. The summed E-state index contributed by atoms with van der Waals surface area (Å²) < 4.78 is 72.2. The quantitative estimate of drug-likeness (QED) is 0.0174. The van der Waals surface area contributed by atoms with E-state index in [0.29, 0.717) is 51.7 Å². The van der Waals surface area contributed by atoms with E-state index in [-0.39, 0.29) is 46.7 Å². The molecule has 3 fully saturated rings. The zero-order chi connectivity index (χ0) is 64.1. The number of ether oxygens (including phenoxy) is 10. The molecule has 0 spiro atoms. The molecule has 3 heterocycles. The zero-order valence-corrected chi connectivity index (χ0v) is 56.9. The highest BCUT2D eigenvalue weighted by atomic mass is 32.2. The average molecular weight is 1250 g/mol. The molecule has 0 unspecified atom stereocenters. The lowest BCUT2D eigenvalue weighted by atomic mass is 9.70. The van der Waals surface area contributed by atoms with Crippen LogP contribution in [-0.2, 0) is 74.7 Å². The van der Waals surface area contributed by atoms with Gasteiger partial charge in [0.2, 0.25) is 5.79 Å². The van der Waals surface area contributed by atoms with Gasteiger partial charge in [-0.2, -0.15) is 0 Å². The molecule has 3 aliphatic rings. The van der Waals surface area contributed by atoms with E-state index in [1.807, 2.05) is 134 Å². The molecule has 3 aliphatic heterocycles. The van der Waals surface area contributed by atoms with Crippen LogP contribution in [0.3, 0.4) is 0 Å². The predicted octanol–water partition coefficient (Wildman–Crippen LogP) is 13.6. The third kappa shape index (κ3) is 17.6. The Morgan fingerprint density at radius 2 is 1.38 bits per heavy atom. The second-order valence-corrected chi connectivity index (χ2v) is 33.3. The standard InChI is InChI=1S/C72H100O14SSi/c1-50-40-56(38-39-69(10,11)72(78-16)64(74)37-36-57(85-72)43-63(80-48-54-32-34-55(76-14)35-33-54)51(2)81-49-79-47-53-26-20-17-21-27-53)83-60(41-50)46-71(77-15)70(12,13)65(82-52(3)73)44-58(84-71)42-59(45-66(75)87-67(4,5)6)86-88(68(7,8)9,61-28-22-18-23-29-61)62-30-24-19-25-31-62/h17-35,38-39,51,56-60,63,65H,1,36-37,40-49H2,2-16H3/t51-,56+,57+,58-,59-,60+,63-,65+,71+,72-/m1/s1. The zero-order valence-electron chi connectivity index (χ0n) is 55.1. The van der Waals surface area contributed by atoms with Gasteiger partial charge in [0, 0.05) is 63.4 Å². The first-order valence-corrected chi connectivity index (χ1v) is 34.0. The molecule has 0 aromatic heterocycles. The third-order valence-corrected chi connectivity index (χ3v) is 23.8. The fourth-order valence-corrected chi connectivity index (χ4v) is 18.6. The van der Waals surface area contributed by atoms with E-state index < -0.39 is 85.5 Å². The van der Waals surface area contributed by atoms with Gasteiger partial charge in [0.25, 0.3) is 8.32 Å². The molecule has 0 amide bonds. The largest absolute Gasteiger partial charge is 0.497 e. The van der Waals surface area contributed by atoms with E-state index in [9.17, 15) is 14.4 Å². The Balaban J connectivity index is 1.12. The van der Waals surface area contributed by atoms with Crippen molar-refractivity contribution in [1.82, 2.24) is 0 Å². The Hall–Kier alpha value is -4.82. The molecule has 4 aromatic rings. The molecule has 7 rings (SSSR count). The van der Waals surface area contributed by atoms with Crippen LogP contribution >= 0.6 is 11.8 Å². The molecule has 16 heteroatoms. The number of hydrogen-bond acceptors (Lipinski definition) is 15. The molecule has 14 nitrogen and oxygen atoms in total. The Labute approximate surface area is 530 Å². The van der Waals surface area contributed by atoms with Gasteiger partial charge in [0.1, 0.15) is 18.6 Å². The van der Waals surface area contributed by atoms with Gasteiger partial charge in [0.05, 0.1) is 68.5 Å². The molecule has 0 saturated carbocycles. The second kappa shape index (κ2) is 30.5. The number of benzene rings is 4. The molecule has 3 saturated heterocycles. The van der Waals surface area contributed by atoms with E-state index in [4.69, 9.17) is 51.8 Å². The van der Waals surface area contributed by atoms with Crippen LogP contribution < -0.4 is 15.1 Å². The lowest BCUT2D eigenvalue weighted by Crippen LogP contribution is -2.68. The monoisotopic (exact) mass is 1250 g/mol. The Bertz CT molecular complexity index is 2870. The predicted molar refractivity (Wildman–Crippen MR) is 349 cm³/mol. The number of hydrogen-bond donors (Lipinski definition) is 0. The third-order valence-electron chi connectivity index (χ3n) is 17.7. The number of carbonyl (C=O) groups is 3. The lowest BCUT2D eigenvalue weighted by molar-refractivity contribution is -0.358. The number of carbonyl (C=O) groups excluding carboxylic acids is 3. The smallest absolute Gasteiger partial charge is 0.302 e. The number of esters is 1. The van der Waals surface area contributed by atoms with Crippen molar-refractivity contribution in [2.45, 2.75) is 224 Å². The first kappa shape index (κ1) is 70.6. The number of ketones is 1. The number of Topliss-reactive ketones (excluding diaryl/α,β-unsaturated/α-hetero) is 1. The highest BCUT2D eigenvalue weighted by molar-refractivity contribution is 8.14. The summed E-state index contributed by atoms with van der Waals surface area (Å²) >= 11 is 1.32. The van der Waals surface area contributed by atoms with Crippen LogP contribution in [0.2, 0.25) is 5.04 Å². The van der Waals surface area contributed by atoms with Crippen molar-refractivity contribution in [3.63, 3.8) is 0 Å². The lowest BCUT2D eigenvalue weighted by Gasteiger charge is -2.56. The first-order valence-electron chi connectivity index (χ1n) is 31.2. The summed E-state index contributed by atoms with van der Waals surface area (Å²) in [4.78, 5) is 41.8. The molecule has 0 bridgehead atoms. The minimum atomic E-state index is -3.20. The SMILES string of the molecule is C=C1C[C@@H](C[C@]2(OC)O[C@H](C[C@H](CC(=O)SC(C)(C)C)O[Si](c3ccccc3)(c3ccccc3)C(C)(C)C)C[C@H](OC(C)=O)C2(C)C)O[C@@H](C=CC(C)(C)[C@]2(OC)O[C@H](C[C@@H](OCc3ccc(OC)cc3)[C@@H](C)OCOCc3ccccc3)CCC2=O)C1. The maximum atomic E-state index is 14.4. The van der Waals surface area contributed by atoms with Gasteiger partial charge >= 0.3 is 5.97 Å². The van der Waals surface area contributed by atoms with Crippen LogP contribution in [0.15, 0.2) is 140 Å². The molecular formula is C72H100O14SSi. The minimum absolute atomic E-state index is 0.0185. The van der Waals surface area contributed by atoms with Crippen LogP contribution in [0, 0.1) is 10.8 Å². The topological polar surface area (TPSA) is 153 Å². The summed E-state index contributed by atoms with van der Waals surface area (Å²) in [5.74, 6) is -2.82. The Morgan fingerprint density at radius 1 is 0.761 bits per heavy atom. The molecule has 0 radical (unpaired) electrons. The number of rotatable bonds is 28. The molecule has 0 aliphatic carbocycles. The van der Waals surface area contributed by atoms with Gasteiger partial charge in [0.15, 0.2) is 16.7 Å². The molecule has 0 N–H and O–H groups in total. The van der Waals surface area contributed by atoms with Crippen molar-refractivity contribution < 1.29 is 66.2 Å². The van der Waals surface area contributed by atoms with E-state index >= 15 is 0 Å². The Morgan fingerprint density at radius 3 is 1.94 bits per heavy atom. The summed E-state index contributed by atoms with van der Waals surface area (Å²) in [6.07, 6.45) is 3.17. The molecule has 482 valence electrons. The van der Waals surface area contributed by atoms with Crippen molar-refractivity contribution in [2.75, 3.05) is 28.1 Å². The van der Waals surface area contributed by atoms with Crippen molar-refractivity contribution in [3.8, 4) is 5.75 Å². The normalized spacial score (nSPS) is 24.8. The van der Waals surface area contributed by atoms with E-state index in [0.717, 1.165) is 32.8 Å². The maximum Gasteiger partial charge on any atom is 0.302 e. The summed E-state index contributed by atoms with van der Waals surface area (Å²) in [7, 11) is 1.60. The van der Waals surface area contributed by atoms with Gasteiger partial charge < -0.3 is 51.8 Å². The highest BCUT2D eigenvalue weighted by Gasteiger charge is 2.60. The highest BCUT2D eigenvalue weighted by Crippen LogP contribution is 2.52. The Kier molecular flexibility index (Phi) is 24.5. The van der Waals surface area contributed by atoms with Crippen molar-refractivity contribution in [1.29, 1.82) is 0 Å².